The van der Waals surface area contributed by atoms with Crippen molar-refractivity contribution in [3.05, 3.63) is 54.5 Å². The van der Waals surface area contributed by atoms with Crippen molar-refractivity contribution in [2.24, 2.45) is 11.7 Å². The van der Waals surface area contributed by atoms with Crippen molar-refractivity contribution >= 4 is 10.9 Å². The Bertz CT molecular complexity index is 772. The molecule has 3 aromatic rings. The van der Waals surface area contributed by atoms with Crippen LogP contribution in [0.1, 0.15) is 25.8 Å². The van der Waals surface area contributed by atoms with Crippen LogP contribution in [0.4, 0.5) is 0 Å². The van der Waals surface area contributed by atoms with Crippen molar-refractivity contribution in [1.29, 1.82) is 0 Å². The van der Waals surface area contributed by atoms with Crippen LogP contribution in [-0.2, 0) is 13.0 Å². The standard InChI is InChI=1S/C20H25N3/c1-15(2)13-23-14-18(4-3-9-21)19-6-5-17(12-20(19)23)16-7-10-22-11-8-16/h5-8,10-12,14-15H,3-4,9,13,21H2,1-2H3. The van der Waals surface area contributed by atoms with Crippen LogP contribution in [0.3, 0.4) is 0 Å². The maximum Gasteiger partial charge on any atom is 0.0489 e. The van der Waals surface area contributed by atoms with E-state index in [0.717, 1.165) is 25.9 Å². The number of pyridine rings is 1. The van der Waals surface area contributed by atoms with Crippen LogP contribution in [0.2, 0.25) is 0 Å². The van der Waals surface area contributed by atoms with Crippen molar-refractivity contribution in [3.63, 3.8) is 0 Å². The lowest BCUT2D eigenvalue weighted by Gasteiger charge is -2.09. The summed E-state index contributed by atoms with van der Waals surface area (Å²) in [6.07, 6.45) is 8.09. The van der Waals surface area contributed by atoms with Gasteiger partial charge in [-0.2, -0.15) is 0 Å². The zero-order valence-electron chi connectivity index (χ0n) is 14.0. The van der Waals surface area contributed by atoms with Crippen molar-refractivity contribution < 1.29 is 0 Å². The van der Waals surface area contributed by atoms with Gasteiger partial charge in [-0.05, 0) is 60.2 Å². The molecular weight excluding hydrogens is 282 g/mol. The second-order valence-corrected chi connectivity index (χ2v) is 6.56. The molecule has 0 unspecified atom stereocenters. The maximum atomic E-state index is 5.70. The minimum atomic E-state index is 0.623. The second-order valence-electron chi connectivity index (χ2n) is 6.56. The molecule has 0 fully saturated rings. The molecule has 0 saturated carbocycles. The van der Waals surface area contributed by atoms with Crippen LogP contribution in [0, 0.1) is 5.92 Å². The molecule has 0 saturated heterocycles. The molecule has 0 aliphatic carbocycles. The number of nitrogens with zero attached hydrogens (tertiary/aromatic N) is 2. The summed E-state index contributed by atoms with van der Waals surface area (Å²) >= 11 is 0. The predicted molar refractivity (Wildman–Crippen MR) is 97.4 cm³/mol. The molecule has 0 radical (unpaired) electrons. The van der Waals surface area contributed by atoms with Crippen LogP contribution in [0.5, 0.6) is 0 Å². The lowest BCUT2D eigenvalue weighted by molar-refractivity contribution is 0.534. The summed E-state index contributed by atoms with van der Waals surface area (Å²) in [5.41, 5.74) is 10.9. The molecule has 0 amide bonds. The molecule has 0 spiro atoms. The Labute approximate surface area is 138 Å². The molecule has 23 heavy (non-hydrogen) atoms. The number of aryl methyl sites for hydroxylation is 1. The first-order valence-electron chi connectivity index (χ1n) is 8.41. The van der Waals surface area contributed by atoms with E-state index in [-0.39, 0.29) is 0 Å². The highest BCUT2D eigenvalue weighted by atomic mass is 15.0. The zero-order chi connectivity index (χ0) is 16.2. The van der Waals surface area contributed by atoms with Gasteiger partial charge < -0.3 is 10.3 Å². The Morgan fingerprint density at radius 1 is 1.09 bits per heavy atom. The number of hydrogen-bond acceptors (Lipinski definition) is 2. The summed E-state index contributed by atoms with van der Waals surface area (Å²) in [6.45, 7) is 6.31. The Hall–Kier alpha value is -2.13. The molecule has 120 valence electrons. The minimum absolute atomic E-state index is 0.623. The van der Waals surface area contributed by atoms with Gasteiger partial charge in [0.25, 0.3) is 0 Å². The van der Waals surface area contributed by atoms with E-state index in [0.29, 0.717) is 5.92 Å². The largest absolute Gasteiger partial charge is 0.347 e. The molecule has 2 N–H and O–H groups in total. The highest BCUT2D eigenvalue weighted by molar-refractivity contribution is 5.88. The number of fused-ring (bicyclic) bond motifs is 1. The molecule has 1 aromatic carbocycles. The summed E-state index contributed by atoms with van der Waals surface area (Å²) in [5.74, 6) is 0.623. The van der Waals surface area contributed by atoms with Crippen LogP contribution < -0.4 is 5.73 Å². The van der Waals surface area contributed by atoms with E-state index in [1.54, 1.807) is 0 Å². The first-order valence-corrected chi connectivity index (χ1v) is 8.41. The number of nitrogens with two attached hydrogens (primary N) is 1. The fraction of sp³-hybridized carbons (Fsp3) is 0.350. The van der Waals surface area contributed by atoms with E-state index in [1.165, 1.54) is 27.6 Å². The second kappa shape index (κ2) is 6.97. The lowest BCUT2D eigenvalue weighted by atomic mass is 10.0. The van der Waals surface area contributed by atoms with Crippen LogP contribution in [0.25, 0.3) is 22.0 Å². The first-order chi connectivity index (χ1) is 11.2. The third-order valence-corrected chi connectivity index (χ3v) is 4.19. The summed E-state index contributed by atoms with van der Waals surface area (Å²) < 4.78 is 2.40. The Balaban J connectivity index is 2.08. The Kier molecular flexibility index (Phi) is 4.77. The van der Waals surface area contributed by atoms with Crippen molar-refractivity contribution in [2.45, 2.75) is 33.2 Å². The van der Waals surface area contributed by atoms with E-state index in [4.69, 9.17) is 5.73 Å². The summed E-state index contributed by atoms with van der Waals surface area (Å²) in [7, 11) is 0. The maximum absolute atomic E-state index is 5.70. The molecule has 0 aliphatic rings. The van der Waals surface area contributed by atoms with Crippen molar-refractivity contribution in [2.75, 3.05) is 6.54 Å². The van der Waals surface area contributed by atoms with Gasteiger partial charge in [-0.15, -0.1) is 0 Å². The van der Waals surface area contributed by atoms with Crippen LogP contribution in [-0.4, -0.2) is 16.1 Å². The quantitative estimate of drug-likeness (QED) is 0.740. The first kappa shape index (κ1) is 15.8. The van der Waals surface area contributed by atoms with Gasteiger partial charge in [0.05, 0.1) is 0 Å². The normalized spacial score (nSPS) is 11.5. The average Bonchev–Trinajstić information content (AvgIpc) is 2.90. The monoisotopic (exact) mass is 307 g/mol. The molecule has 3 heteroatoms. The van der Waals surface area contributed by atoms with Gasteiger partial charge in [-0.25, -0.2) is 0 Å². The molecule has 0 atom stereocenters. The lowest BCUT2D eigenvalue weighted by Crippen LogP contribution is -2.03. The third-order valence-electron chi connectivity index (χ3n) is 4.19. The Morgan fingerprint density at radius 2 is 1.87 bits per heavy atom. The van der Waals surface area contributed by atoms with E-state index in [1.807, 2.05) is 12.4 Å². The van der Waals surface area contributed by atoms with Gasteiger partial charge in [0, 0.05) is 36.0 Å². The van der Waals surface area contributed by atoms with Gasteiger partial charge in [-0.1, -0.05) is 26.0 Å². The fourth-order valence-electron chi connectivity index (χ4n) is 3.13. The number of rotatable bonds is 6. The van der Waals surface area contributed by atoms with Gasteiger partial charge in [0.1, 0.15) is 0 Å². The van der Waals surface area contributed by atoms with Gasteiger partial charge in [-0.3, -0.25) is 4.98 Å². The topological polar surface area (TPSA) is 43.8 Å². The van der Waals surface area contributed by atoms with Crippen molar-refractivity contribution in [1.82, 2.24) is 9.55 Å². The van der Waals surface area contributed by atoms with Gasteiger partial charge in [0.2, 0.25) is 0 Å². The van der Waals surface area contributed by atoms with E-state index in [9.17, 15) is 0 Å². The minimum Gasteiger partial charge on any atom is -0.347 e. The molecule has 0 aliphatic heterocycles. The smallest absolute Gasteiger partial charge is 0.0489 e. The molecule has 0 bridgehead atoms. The van der Waals surface area contributed by atoms with E-state index >= 15 is 0 Å². The predicted octanol–water partition coefficient (Wildman–Crippen LogP) is 4.25. The molecule has 2 heterocycles. The van der Waals surface area contributed by atoms with Crippen LogP contribution >= 0.6 is 0 Å². The summed E-state index contributed by atoms with van der Waals surface area (Å²) in [4.78, 5) is 4.11. The van der Waals surface area contributed by atoms with E-state index < -0.39 is 0 Å². The van der Waals surface area contributed by atoms with Gasteiger partial charge in [0.15, 0.2) is 0 Å². The molecule has 2 aromatic heterocycles. The van der Waals surface area contributed by atoms with Crippen LogP contribution in [0.15, 0.2) is 48.9 Å². The summed E-state index contributed by atoms with van der Waals surface area (Å²) in [6, 6.07) is 10.9. The SMILES string of the molecule is CC(C)Cn1cc(CCCN)c2ccc(-c3ccncc3)cc21. The number of hydrogen-bond donors (Lipinski definition) is 1. The third kappa shape index (κ3) is 3.45. The summed E-state index contributed by atoms with van der Waals surface area (Å²) in [5, 5.41) is 1.36. The molecular formula is C20H25N3. The van der Waals surface area contributed by atoms with Crippen molar-refractivity contribution in [3.8, 4) is 11.1 Å². The molecule has 3 nitrogen and oxygen atoms in total. The zero-order valence-corrected chi connectivity index (χ0v) is 14.0. The highest BCUT2D eigenvalue weighted by Gasteiger charge is 2.11. The number of benzene rings is 1. The Morgan fingerprint density at radius 3 is 2.57 bits per heavy atom. The van der Waals surface area contributed by atoms with Gasteiger partial charge >= 0.3 is 0 Å². The average molecular weight is 307 g/mol. The van der Waals surface area contributed by atoms with E-state index in [2.05, 4.69) is 59.9 Å². The molecule has 3 rings (SSSR count). The number of aromatic nitrogens is 2. The fourth-order valence-corrected chi connectivity index (χ4v) is 3.13. The highest BCUT2D eigenvalue weighted by Crippen LogP contribution is 2.29.